The zero-order chi connectivity index (χ0) is 18.7. The van der Waals surface area contributed by atoms with E-state index in [1.165, 1.54) is 0 Å². The molecular formula is C20H17ClO5. The van der Waals surface area contributed by atoms with Crippen LogP contribution in [-0.4, -0.2) is 25.0 Å². The number of allylic oxidation sites excluding steroid dienone is 1. The molecule has 0 aliphatic carbocycles. The van der Waals surface area contributed by atoms with Crippen molar-refractivity contribution in [3.63, 3.8) is 0 Å². The van der Waals surface area contributed by atoms with Crippen molar-refractivity contribution in [2.75, 3.05) is 13.2 Å². The summed E-state index contributed by atoms with van der Waals surface area (Å²) in [5.41, 5.74) is 1.92. The van der Waals surface area contributed by atoms with E-state index in [0.29, 0.717) is 34.3 Å². The number of halogens is 1. The van der Waals surface area contributed by atoms with Crippen LogP contribution >= 0.6 is 11.6 Å². The molecular weight excluding hydrogens is 356 g/mol. The highest BCUT2D eigenvalue weighted by atomic mass is 35.5. The lowest BCUT2D eigenvalue weighted by Gasteiger charge is -2.10. The van der Waals surface area contributed by atoms with Crippen LogP contribution in [0.2, 0.25) is 5.02 Å². The van der Waals surface area contributed by atoms with Gasteiger partial charge in [-0.25, -0.2) is 4.79 Å². The van der Waals surface area contributed by atoms with Crippen LogP contribution in [0.4, 0.5) is 0 Å². The third kappa shape index (κ3) is 3.73. The molecule has 0 spiro atoms. The Hall–Kier alpha value is -2.79. The van der Waals surface area contributed by atoms with Crippen molar-refractivity contribution in [3.05, 3.63) is 63.9 Å². The predicted octanol–water partition coefficient (Wildman–Crippen LogP) is 4.21. The summed E-state index contributed by atoms with van der Waals surface area (Å²) in [4.78, 5) is 24.0. The van der Waals surface area contributed by atoms with Gasteiger partial charge in [-0.2, -0.15) is 0 Å². The molecule has 6 heteroatoms. The van der Waals surface area contributed by atoms with Gasteiger partial charge in [0.2, 0.25) is 5.78 Å². The molecule has 0 radical (unpaired) electrons. The van der Waals surface area contributed by atoms with E-state index in [1.807, 2.05) is 0 Å². The quantitative estimate of drug-likeness (QED) is 0.581. The SMILES string of the molecule is CCOC(=O)COc1ccc2c(c1C)O/C(=C\c1ccc(Cl)cc1)C2=O. The van der Waals surface area contributed by atoms with Crippen molar-refractivity contribution in [1.82, 2.24) is 0 Å². The van der Waals surface area contributed by atoms with E-state index in [0.717, 1.165) is 5.56 Å². The van der Waals surface area contributed by atoms with Gasteiger partial charge in [-0.3, -0.25) is 4.79 Å². The fourth-order valence-electron chi connectivity index (χ4n) is 2.57. The van der Waals surface area contributed by atoms with E-state index in [-0.39, 0.29) is 18.1 Å². The summed E-state index contributed by atoms with van der Waals surface area (Å²) in [6, 6.07) is 10.4. The Morgan fingerprint density at radius 3 is 2.62 bits per heavy atom. The van der Waals surface area contributed by atoms with Gasteiger partial charge in [0, 0.05) is 10.6 Å². The first-order valence-electron chi connectivity index (χ1n) is 8.11. The number of esters is 1. The molecule has 5 nitrogen and oxygen atoms in total. The predicted molar refractivity (Wildman–Crippen MR) is 97.7 cm³/mol. The molecule has 0 fully saturated rings. The van der Waals surface area contributed by atoms with Gasteiger partial charge in [0.25, 0.3) is 0 Å². The Kier molecular flexibility index (Phi) is 5.28. The fraction of sp³-hybridized carbons (Fsp3) is 0.200. The second-order valence-corrected chi connectivity index (χ2v) is 6.09. The molecule has 1 aliphatic rings. The molecule has 2 aromatic rings. The summed E-state index contributed by atoms with van der Waals surface area (Å²) in [7, 11) is 0. The van der Waals surface area contributed by atoms with Crippen LogP contribution in [0.5, 0.6) is 11.5 Å². The fourth-order valence-corrected chi connectivity index (χ4v) is 2.70. The summed E-state index contributed by atoms with van der Waals surface area (Å²) in [6.07, 6.45) is 1.66. The molecule has 3 rings (SSSR count). The average Bonchev–Trinajstić information content (AvgIpc) is 2.94. The van der Waals surface area contributed by atoms with E-state index >= 15 is 0 Å². The number of benzene rings is 2. The number of ketones is 1. The van der Waals surface area contributed by atoms with E-state index in [2.05, 4.69) is 0 Å². The first kappa shape index (κ1) is 18.0. The van der Waals surface area contributed by atoms with Crippen LogP contribution < -0.4 is 9.47 Å². The Bertz CT molecular complexity index is 884. The third-order valence-corrected chi connectivity index (χ3v) is 4.11. The van der Waals surface area contributed by atoms with Gasteiger partial charge in [-0.1, -0.05) is 23.7 Å². The van der Waals surface area contributed by atoms with E-state index in [9.17, 15) is 9.59 Å². The molecule has 0 saturated carbocycles. The topological polar surface area (TPSA) is 61.8 Å². The van der Waals surface area contributed by atoms with Crippen molar-refractivity contribution in [2.24, 2.45) is 0 Å². The van der Waals surface area contributed by atoms with Crippen LogP contribution in [0.15, 0.2) is 42.2 Å². The summed E-state index contributed by atoms with van der Waals surface area (Å²) >= 11 is 5.87. The largest absolute Gasteiger partial charge is 0.481 e. The molecule has 0 saturated heterocycles. The zero-order valence-electron chi connectivity index (χ0n) is 14.4. The molecule has 0 N–H and O–H groups in total. The van der Waals surface area contributed by atoms with Crippen LogP contribution in [0.3, 0.4) is 0 Å². The number of Topliss-reactive ketones (excluding diaryl/α,β-unsaturated/α-hetero) is 1. The summed E-state index contributed by atoms with van der Waals surface area (Å²) < 4.78 is 16.1. The average molecular weight is 373 g/mol. The molecule has 0 atom stereocenters. The van der Waals surface area contributed by atoms with E-state index in [1.54, 1.807) is 56.3 Å². The maximum Gasteiger partial charge on any atom is 0.344 e. The monoisotopic (exact) mass is 372 g/mol. The summed E-state index contributed by atoms with van der Waals surface area (Å²) in [5, 5.41) is 0.619. The lowest BCUT2D eigenvalue weighted by molar-refractivity contribution is -0.145. The molecule has 0 amide bonds. The molecule has 2 aromatic carbocycles. The third-order valence-electron chi connectivity index (χ3n) is 3.86. The number of fused-ring (bicyclic) bond motifs is 1. The molecule has 26 heavy (non-hydrogen) atoms. The highest BCUT2D eigenvalue weighted by molar-refractivity contribution is 6.30. The lowest BCUT2D eigenvalue weighted by Crippen LogP contribution is -2.15. The van der Waals surface area contributed by atoms with Gasteiger partial charge in [0.15, 0.2) is 12.4 Å². The Morgan fingerprint density at radius 2 is 1.92 bits per heavy atom. The molecule has 1 aliphatic heterocycles. The summed E-state index contributed by atoms with van der Waals surface area (Å²) in [5.74, 6) is 0.490. The van der Waals surface area contributed by atoms with Crippen molar-refractivity contribution in [2.45, 2.75) is 13.8 Å². The number of carbonyl (C=O) groups is 2. The standard InChI is InChI=1S/C20H17ClO5/c1-3-24-18(22)11-25-16-9-8-15-19(23)17(26-20(15)12(16)2)10-13-4-6-14(21)7-5-13/h4-10H,3,11H2,1-2H3/b17-10-. The highest BCUT2D eigenvalue weighted by Crippen LogP contribution is 2.39. The molecule has 0 unspecified atom stereocenters. The normalized spacial score (nSPS) is 14.1. The maximum absolute atomic E-state index is 12.5. The smallest absolute Gasteiger partial charge is 0.344 e. The van der Waals surface area contributed by atoms with Crippen molar-refractivity contribution in [3.8, 4) is 11.5 Å². The Morgan fingerprint density at radius 1 is 1.19 bits per heavy atom. The first-order chi connectivity index (χ1) is 12.5. The van der Waals surface area contributed by atoms with Gasteiger partial charge in [-0.15, -0.1) is 0 Å². The second-order valence-electron chi connectivity index (χ2n) is 5.65. The van der Waals surface area contributed by atoms with Gasteiger partial charge in [0.05, 0.1) is 12.2 Å². The second kappa shape index (κ2) is 7.62. The minimum atomic E-state index is -0.451. The molecule has 1 heterocycles. The van der Waals surface area contributed by atoms with Gasteiger partial charge in [-0.05, 0) is 49.8 Å². The minimum Gasteiger partial charge on any atom is -0.481 e. The Labute approximate surface area is 156 Å². The van der Waals surface area contributed by atoms with Crippen molar-refractivity contribution >= 4 is 29.4 Å². The van der Waals surface area contributed by atoms with Crippen LogP contribution in [0, 0.1) is 6.92 Å². The number of carbonyl (C=O) groups excluding carboxylic acids is 2. The summed E-state index contributed by atoms with van der Waals surface area (Å²) in [6.45, 7) is 3.60. The van der Waals surface area contributed by atoms with Gasteiger partial charge < -0.3 is 14.2 Å². The van der Waals surface area contributed by atoms with E-state index in [4.69, 9.17) is 25.8 Å². The number of hydrogen-bond donors (Lipinski definition) is 0. The van der Waals surface area contributed by atoms with Crippen LogP contribution in [-0.2, 0) is 9.53 Å². The van der Waals surface area contributed by atoms with Crippen LogP contribution in [0.25, 0.3) is 6.08 Å². The Balaban J connectivity index is 1.82. The number of ether oxygens (including phenoxy) is 3. The van der Waals surface area contributed by atoms with Crippen molar-refractivity contribution < 1.29 is 23.8 Å². The zero-order valence-corrected chi connectivity index (χ0v) is 15.1. The molecule has 0 bridgehead atoms. The lowest BCUT2D eigenvalue weighted by atomic mass is 10.1. The highest BCUT2D eigenvalue weighted by Gasteiger charge is 2.30. The van der Waals surface area contributed by atoms with Gasteiger partial charge >= 0.3 is 5.97 Å². The minimum absolute atomic E-state index is 0.199. The van der Waals surface area contributed by atoms with Gasteiger partial charge in [0.1, 0.15) is 11.5 Å². The first-order valence-corrected chi connectivity index (χ1v) is 8.49. The maximum atomic E-state index is 12.5. The van der Waals surface area contributed by atoms with E-state index < -0.39 is 5.97 Å². The van der Waals surface area contributed by atoms with Crippen molar-refractivity contribution in [1.29, 1.82) is 0 Å². The molecule has 0 aromatic heterocycles. The molecule has 134 valence electrons. The number of hydrogen-bond acceptors (Lipinski definition) is 5. The van der Waals surface area contributed by atoms with Crippen LogP contribution in [0.1, 0.15) is 28.4 Å². The number of rotatable bonds is 5.